The van der Waals surface area contributed by atoms with Crippen molar-refractivity contribution in [3.63, 3.8) is 0 Å². The standard InChI is InChI=1S/C15H25NO/c1-5-11-16(12(2)3)13(4)15(17)14-9-7-6-8-10-14/h6-10,12-13,15,17H,5,11H2,1-4H3. The Morgan fingerprint density at radius 1 is 1.12 bits per heavy atom. The fourth-order valence-electron chi connectivity index (χ4n) is 2.30. The van der Waals surface area contributed by atoms with Crippen molar-refractivity contribution in [3.8, 4) is 0 Å². The Labute approximate surface area is 105 Å². The lowest BCUT2D eigenvalue weighted by molar-refractivity contribution is 0.0402. The predicted octanol–water partition coefficient (Wildman–Crippen LogP) is 3.23. The minimum atomic E-state index is -0.412. The Morgan fingerprint density at radius 2 is 1.71 bits per heavy atom. The van der Waals surface area contributed by atoms with Crippen LogP contribution in [0.2, 0.25) is 0 Å². The number of hydrogen-bond acceptors (Lipinski definition) is 2. The van der Waals surface area contributed by atoms with E-state index < -0.39 is 6.10 Å². The summed E-state index contributed by atoms with van der Waals surface area (Å²) in [6, 6.07) is 10.5. The van der Waals surface area contributed by atoms with E-state index in [1.54, 1.807) is 0 Å². The largest absolute Gasteiger partial charge is 0.387 e. The molecular weight excluding hydrogens is 210 g/mol. The normalized spacial score (nSPS) is 15.2. The first kappa shape index (κ1) is 14.2. The van der Waals surface area contributed by atoms with Gasteiger partial charge in [-0.1, -0.05) is 37.3 Å². The molecule has 0 saturated heterocycles. The molecule has 1 aromatic carbocycles. The van der Waals surface area contributed by atoms with Gasteiger partial charge in [-0.15, -0.1) is 0 Å². The maximum atomic E-state index is 10.4. The first-order valence-corrected chi connectivity index (χ1v) is 6.56. The maximum Gasteiger partial charge on any atom is 0.0942 e. The zero-order chi connectivity index (χ0) is 12.8. The summed E-state index contributed by atoms with van der Waals surface area (Å²) in [6.45, 7) is 9.68. The summed E-state index contributed by atoms with van der Waals surface area (Å²) in [5.41, 5.74) is 1.00. The number of hydrogen-bond donors (Lipinski definition) is 1. The number of nitrogens with zero attached hydrogens (tertiary/aromatic N) is 1. The lowest BCUT2D eigenvalue weighted by Gasteiger charge is -2.35. The van der Waals surface area contributed by atoms with E-state index in [4.69, 9.17) is 0 Å². The molecule has 0 aliphatic rings. The number of aliphatic hydroxyl groups excluding tert-OH is 1. The summed E-state index contributed by atoms with van der Waals surface area (Å²) >= 11 is 0. The quantitative estimate of drug-likeness (QED) is 0.818. The molecule has 0 radical (unpaired) electrons. The lowest BCUT2D eigenvalue weighted by Crippen LogP contribution is -2.42. The molecule has 0 saturated carbocycles. The molecule has 0 heterocycles. The fourth-order valence-corrected chi connectivity index (χ4v) is 2.30. The second kappa shape index (κ2) is 6.77. The van der Waals surface area contributed by atoms with Gasteiger partial charge in [-0.3, -0.25) is 4.90 Å². The van der Waals surface area contributed by atoms with Gasteiger partial charge >= 0.3 is 0 Å². The second-order valence-electron chi connectivity index (χ2n) is 4.93. The molecular formula is C15H25NO. The van der Waals surface area contributed by atoms with Crippen LogP contribution in [0.5, 0.6) is 0 Å². The van der Waals surface area contributed by atoms with E-state index >= 15 is 0 Å². The highest BCUT2D eigenvalue weighted by Crippen LogP contribution is 2.22. The Morgan fingerprint density at radius 3 is 2.18 bits per heavy atom. The average Bonchev–Trinajstić information content (AvgIpc) is 2.35. The summed E-state index contributed by atoms with van der Waals surface area (Å²) in [7, 11) is 0. The third-order valence-corrected chi connectivity index (χ3v) is 3.27. The summed E-state index contributed by atoms with van der Waals surface area (Å²) < 4.78 is 0. The van der Waals surface area contributed by atoms with Crippen LogP contribution in [0.1, 0.15) is 45.8 Å². The highest BCUT2D eigenvalue weighted by atomic mass is 16.3. The molecule has 1 rings (SSSR count). The fraction of sp³-hybridized carbons (Fsp3) is 0.600. The Bertz CT molecular complexity index is 310. The monoisotopic (exact) mass is 235 g/mol. The van der Waals surface area contributed by atoms with E-state index in [9.17, 15) is 5.11 Å². The Hall–Kier alpha value is -0.860. The second-order valence-corrected chi connectivity index (χ2v) is 4.93. The smallest absolute Gasteiger partial charge is 0.0942 e. The van der Waals surface area contributed by atoms with Gasteiger partial charge in [-0.2, -0.15) is 0 Å². The van der Waals surface area contributed by atoms with Crippen LogP contribution < -0.4 is 0 Å². The van der Waals surface area contributed by atoms with Crippen LogP contribution in [0.25, 0.3) is 0 Å². The molecule has 0 aliphatic carbocycles. The summed E-state index contributed by atoms with van der Waals surface area (Å²) in [5.74, 6) is 0. The van der Waals surface area contributed by atoms with E-state index in [0.29, 0.717) is 6.04 Å². The first-order valence-electron chi connectivity index (χ1n) is 6.56. The van der Waals surface area contributed by atoms with Gasteiger partial charge in [-0.05, 0) is 39.3 Å². The van der Waals surface area contributed by atoms with Gasteiger partial charge in [0.25, 0.3) is 0 Å². The molecule has 0 aliphatic heterocycles. The van der Waals surface area contributed by atoms with Crippen molar-refractivity contribution in [1.29, 1.82) is 0 Å². The highest BCUT2D eigenvalue weighted by Gasteiger charge is 2.24. The summed E-state index contributed by atoms with van der Waals surface area (Å²) in [6.07, 6.45) is 0.703. The van der Waals surface area contributed by atoms with Crippen molar-refractivity contribution in [2.45, 2.75) is 52.3 Å². The molecule has 0 fully saturated rings. The van der Waals surface area contributed by atoms with Gasteiger partial charge < -0.3 is 5.11 Å². The topological polar surface area (TPSA) is 23.5 Å². The van der Waals surface area contributed by atoms with Crippen molar-refractivity contribution >= 4 is 0 Å². The zero-order valence-corrected chi connectivity index (χ0v) is 11.4. The average molecular weight is 235 g/mol. The van der Waals surface area contributed by atoms with Crippen molar-refractivity contribution < 1.29 is 5.11 Å². The minimum absolute atomic E-state index is 0.150. The molecule has 96 valence electrons. The van der Waals surface area contributed by atoms with Crippen LogP contribution in [0.3, 0.4) is 0 Å². The molecule has 2 atom stereocenters. The minimum Gasteiger partial charge on any atom is -0.387 e. The maximum absolute atomic E-state index is 10.4. The molecule has 0 amide bonds. The molecule has 0 aromatic heterocycles. The number of rotatable bonds is 6. The molecule has 1 N–H and O–H groups in total. The highest BCUT2D eigenvalue weighted by molar-refractivity contribution is 5.18. The zero-order valence-electron chi connectivity index (χ0n) is 11.4. The third-order valence-electron chi connectivity index (χ3n) is 3.27. The summed E-state index contributed by atoms with van der Waals surface area (Å²) in [5, 5.41) is 10.4. The van der Waals surface area contributed by atoms with Gasteiger partial charge in [0.15, 0.2) is 0 Å². The Balaban J connectivity index is 2.76. The van der Waals surface area contributed by atoms with Crippen molar-refractivity contribution in [3.05, 3.63) is 35.9 Å². The van der Waals surface area contributed by atoms with Crippen LogP contribution in [-0.4, -0.2) is 28.6 Å². The van der Waals surface area contributed by atoms with Gasteiger partial charge in [0.1, 0.15) is 0 Å². The number of aliphatic hydroxyl groups is 1. The number of benzene rings is 1. The molecule has 2 heteroatoms. The van der Waals surface area contributed by atoms with Gasteiger partial charge in [0.2, 0.25) is 0 Å². The van der Waals surface area contributed by atoms with E-state index in [-0.39, 0.29) is 6.04 Å². The summed E-state index contributed by atoms with van der Waals surface area (Å²) in [4.78, 5) is 2.36. The van der Waals surface area contributed by atoms with Crippen LogP contribution in [-0.2, 0) is 0 Å². The lowest BCUT2D eigenvalue weighted by atomic mass is 10.0. The van der Waals surface area contributed by atoms with Crippen LogP contribution in [0, 0.1) is 0 Å². The molecule has 2 unspecified atom stereocenters. The SMILES string of the molecule is CCCN(C(C)C)C(C)C(O)c1ccccc1. The molecule has 2 nitrogen and oxygen atoms in total. The van der Waals surface area contributed by atoms with Gasteiger partial charge in [0.05, 0.1) is 6.10 Å². The van der Waals surface area contributed by atoms with Crippen LogP contribution >= 0.6 is 0 Å². The Kier molecular flexibility index (Phi) is 5.66. The van der Waals surface area contributed by atoms with Gasteiger partial charge in [-0.25, -0.2) is 0 Å². The van der Waals surface area contributed by atoms with E-state index in [1.165, 1.54) is 0 Å². The first-order chi connectivity index (χ1) is 8.07. The molecule has 0 bridgehead atoms. The van der Waals surface area contributed by atoms with Crippen molar-refractivity contribution in [1.82, 2.24) is 4.90 Å². The van der Waals surface area contributed by atoms with Crippen LogP contribution in [0.15, 0.2) is 30.3 Å². The molecule has 1 aromatic rings. The van der Waals surface area contributed by atoms with E-state index in [1.807, 2.05) is 30.3 Å². The van der Waals surface area contributed by atoms with Crippen molar-refractivity contribution in [2.24, 2.45) is 0 Å². The van der Waals surface area contributed by atoms with Crippen LogP contribution in [0.4, 0.5) is 0 Å². The van der Waals surface area contributed by atoms with Crippen molar-refractivity contribution in [2.75, 3.05) is 6.54 Å². The third kappa shape index (κ3) is 3.83. The van der Waals surface area contributed by atoms with E-state index in [2.05, 4.69) is 32.6 Å². The molecule has 0 spiro atoms. The van der Waals surface area contributed by atoms with Gasteiger partial charge in [0, 0.05) is 12.1 Å². The van der Waals surface area contributed by atoms with E-state index in [0.717, 1.165) is 18.5 Å². The predicted molar refractivity (Wildman–Crippen MR) is 73.0 cm³/mol. The molecule has 17 heavy (non-hydrogen) atoms.